The summed E-state index contributed by atoms with van der Waals surface area (Å²) in [5, 5.41) is 3.16. The van der Waals surface area contributed by atoms with Crippen molar-refractivity contribution in [3.63, 3.8) is 0 Å². The lowest BCUT2D eigenvalue weighted by Gasteiger charge is -2.34. The van der Waals surface area contributed by atoms with E-state index < -0.39 is 0 Å². The second kappa shape index (κ2) is 7.81. The summed E-state index contributed by atoms with van der Waals surface area (Å²) >= 11 is 0. The number of rotatable bonds is 3. The van der Waals surface area contributed by atoms with Crippen molar-refractivity contribution in [2.45, 2.75) is 31.7 Å². The normalized spacial score (nSPS) is 20.2. The molecule has 2 heterocycles. The van der Waals surface area contributed by atoms with E-state index in [1.807, 2.05) is 23.1 Å². The van der Waals surface area contributed by atoms with Gasteiger partial charge in [-0.05, 0) is 48.8 Å². The maximum absolute atomic E-state index is 12.6. The van der Waals surface area contributed by atoms with Gasteiger partial charge in [-0.25, -0.2) is 4.79 Å². The van der Waals surface area contributed by atoms with Gasteiger partial charge in [0.25, 0.3) is 0 Å². The lowest BCUT2D eigenvalue weighted by Crippen LogP contribution is -2.51. The summed E-state index contributed by atoms with van der Waals surface area (Å²) in [5.41, 5.74) is 2.57. The van der Waals surface area contributed by atoms with Crippen LogP contribution in [0.3, 0.4) is 0 Å². The Hall–Kier alpha value is -2.49. The largest absolute Gasteiger partial charge is 0.491 e. The molecule has 1 atom stereocenters. The number of benzene rings is 2. The van der Waals surface area contributed by atoms with Gasteiger partial charge in [0, 0.05) is 13.1 Å². The number of likely N-dealkylation sites (tertiary alicyclic amines) is 1. The fourth-order valence-electron chi connectivity index (χ4n) is 3.97. The molecule has 1 saturated heterocycles. The molecule has 0 radical (unpaired) electrons. The monoisotopic (exact) mass is 350 g/mol. The van der Waals surface area contributed by atoms with Crippen LogP contribution in [0, 0.1) is 5.92 Å². The van der Waals surface area contributed by atoms with E-state index in [1.54, 1.807) is 0 Å². The Labute approximate surface area is 155 Å². The van der Waals surface area contributed by atoms with Crippen LogP contribution in [-0.4, -0.2) is 36.7 Å². The van der Waals surface area contributed by atoms with Gasteiger partial charge in [0.1, 0.15) is 12.4 Å². The first-order valence-corrected chi connectivity index (χ1v) is 9.58. The predicted octanol–water partition coefficient (Wildman–Crippen LogP) is 3.65. The Morgan fingerprint density at radius 3 is 2.58 bits per heavy atom. The molecule has 1 N–H and O–H groups in total. The van der Waals surface area contributed by atoms with Gasteiger partial charge in [-0.2, -0.15) is 0 Å². The number of nitrogens with one attached hydrogen (secondary N) is 1. The van der Waals surface area contributed by atoms with E-state index in [0.717, 1.165) is 44.5 Å². The maximum Gasteiger partial charge on any atom is 0.317 e. The molecule has 26 heavy (non-hydrogen) atoms. The molecule has 2 aromatic carbocycles. The van der Waals surface area contributed by atoms with E-state index in [9.17, 15) is 4.79 Å². The lowest BCUT2D eigenvalue weighted by atomic mass is 9.90. The van der Waals surface area contributed by atoms with Crippen molar-refractivity contribution in [2.75, 3.05) is 19.7 Å². The topological polar surface area (TPSA) is 41.6 Å². The zero-order chi connectivity index (χ0) is 17.8. The molecular weight excluding hydrogens is 324 g/mol. The molecule has 4 nitrogen and oxygen atoms in total. The van der Waals surface area contributed by atoms with Gasteiger partial charge in [0.05, 0.1) is 6.04 Å². The van der Waals surface area contributed by atoms with E-state index in [-0.39, 0.29) is 12.1 Å². The highest BCUT2D eigenvalue weighted by molar-refractivity contribution is 5.74. The van der Waals surface area contributed by atoms with Gasteiger partial charge in [-0.15, -0.1) is 0 Å². The van der Waals surface area contributed by atoms with Crippen molar-refractivity contribution in [1.29, 1.82) is 0 Å². The molecule has 0 spiro atoms. The highest BCUT2D eigenvalue weighted by atomic mass is 16.5. The minimum absolute atomic E-state index is 0.0520. The van der Waals surface area contributed by atoms with Crippen LogP contribution in [0.15, 0.2) is 54.6 Å². The summed E-state index contributed by atoms with van der Waals surface area (Å²) in [4.78, 5) is 14.6. The van der Waals surface area contributed by atoms with Gasteiger partial charge >= 0.3 is 6.03 Å². The number of nitrogens with zero attached hydrogens (tertiary/aromatic N) is 1. The molecule has 2 aliphatic heterocycles. The number of amides is 2. The van der Waals surface area contributed by atoms with Gasteiger partial charge in [-0.3, -0.25) is 0 Å². The first kappa shape index (κ1) is 17.0. The Balaban J connectivity index is 1.25. The summed E-state index contributed by atoms with van der Waals surface area (Å²) in [6, 6.07) is 18.8. The molecule has 1 fully saturated rings. The average Bonchev–Trinajstić information content (AvgIpc) is 2.69. The number of urea groups is 1. The summed E-state index contributed by atoms with van der Waals surface area (Å²) in [6.07, 6.45) is 4.11. The van der Waals surface area contributed by atoms with Crippen molar-refractivity contribution < 1.29 is 9.53 Å². The lowest BCUT2D eigenvalue weighted by molar-refractivity contribution is 0.159. The third kappa shape index (κ3) is 4.01. The Morgan fingerprint density at radius 1 is 1.04 bits per heavy atom. The van der Waals surface area contributed by atoms with E-state index in [1.165, 1.54) is 11.1 Å². The molecule has 2 amide bonds. The molecule has 0 bridgehead atoms. The van der Waals surface area contributed by atoms with E-state index >= 15 is 0 Å². The zero-order valence-electron chi connectivity index (χ0n) is 15.1. The number of hydrogen-bond donors (Lipinski definition) is 1. The van der Waals surface area contributed by atoms with Crippen LogP contribution in [0.25, 0.3) is 0 Å². The van der Waals surface area contributed by atoms with Crippen LogP contribution in [0.1, 0.15) is 24.0 Å². The highest BCUT2D eigenvalue weighted by Crippen LogP contribution is 2.25. The van der Waals surface area contributed by atoms with Crippen LogP contribution in [-0.2, 0) is 12.8 Å². The molecule has 4 heteroatoms. The minimum atomic E-state index is 0.0520. The van der Waals surface area contributed by atoms with Crippen LogP contribution < -0.4 is 10.1 Å². The van der Waals surface area contributed by atoms with Crippen LogP contribution >= 0.6 is 0 Å². The quantitative estimate of drug-likeness (QED) is 0.918. The molecule has 0 saturated carbocycles. The van der Waals surface area contributed by atoms with Crippen molar-refractivity contribution in [1.82, 2.24) is 10.2 Å². The third-order valence-electron chi connectivity index (χ3n) is 5.48. The van der Waals surface area contributed by atoms with E-state index in [2.05, 4.69) is 41.7 Å². The first-order chi connectivity index (χ1) is 12.8. The second-order valence-corrected chi connectivity index (χ2v) is 7.39. The number of piperidine rings is 1. The molecule has 0 aliphatic carbocycles. The number of ether oxygens (including phenoxy) is 1. The molecule has 2 aromatic rings. The number of para-hydroxylation sites is 1. The van der Waals surface area contributed by atoms with Crippen molar-refractivity contribution in [3.8, 4) is 5.75 Å². The molecule has 0 aromatic heterocycles. The van der Waals surface area contributed by atoms with E-state index in [0.29, 0.717) is 12.5 Å². The van der Waals surface area contributed by atoms with Crippen LogP contribution in [0.4, 0.5) is 4.79 Å². The van der Waals surface area contributed by atoms with Gasteiger partial charge in [0.2, 0.25) is 0 Å². The minimum Gasteiger partial charge on any atom is -0.491 e. The van der Waals surface area contributed by atoms with Crippen molar-refractivity contribution in [2.24, 2.45) is 5.92 Å². The van der Waals surface area contributed by atoms with Crippen LogP contribution in [0.2, 0.25) is 0 Å². The molecule has 1 unspecified atom stereocenters. The Bertz CT molecular complexity index is 739. The molecule has 2 aliphatic rings. The summed E-state index contributed by atoms with van der Waals surface area (Å²) < 4.78 is 5.77. The predicted molar refractivity (Wildman–Crippen MR) is 102 cm³/mol. The number of carbonyl (C=O) groups is 1. The summed E-state index contributed by atoms with van der Waals surface area (Å²) in [5.74, 6) is 1.62. The van der Waals surface area contributed by atoms with Crippen LogP contribution in [0.5, 0.6) is 5.75 Å². The Kier molecular flexibility index (Phi) is 5.09. The SMILES string of the molecule is O=C(NC1COc2ccccc2C1)N1CCC(Cc2ccccc2)CC1. The number of hydrogen-bond acceptors (Lipinski definition) is 2. The fourth-order valence-corrected chi connectivity index (χ4v) is 3.97. The third-order valence-corrected chi connectivity index (χ3v) is 5.48. The molecule has 4 rings (SSSR count). The standard InChI is InChI=1S/C22H26N2O2/c25-22(23-20-15-19-8-4-5-9-21(19)26-16-20)24-12-10-18(11-13-24)14-17-6-2-1-3-7-17/h1-9,18,20H,10-16H2,(H,23,25). The van der Waals surface area contributed by atoms with Crippen molar-refractivity contribution >= 4 is 6.03 Å². The number of carbonyl (C=O) groups excluding carboxylic acids is 1. The number of fused-ring (bicyclic) bond motifs is 1. The highest BCUT2D eigenvalue weighted by Gasteiger charge is 2.26. The molecule has 136 valence electrons. The maximum atomic E-state index is 12.6. The average molecular weight is 350 g/mol. The van der Waals surface area contributed by atoms with Gasteiger partial charge in [-0.1, -0.05) is 48.5 Å². The smallest absolute Gasteiger partial charge is 0.317 e. The summed E-state index contributed by atoms with van der Waals surface area (Å²) in [6.45, 7) is 2.23. The first-order valence-electron chi connectivity index (χ1n) is 9.58. The van der Waals surface area contributed by atoms with E-state index in [4.69, 9.17) is 4.74 Å². The van der Waals surface area contributed by atoms with Gasteiger partial charge in [0.15, 0.2) is 0 Å². The summed E-state index contributed by atoms with van der Waals surface area (Å²) in [7, 11) is 0. The fraction of sp³-hybridized carbons (Fsp3) is 0.409. The second-order valence-electron chi connectivity index (χ2n) is 7.39. The zero-order valence-corrected chi connectivity index (χ0v) is 15.1. The van der Waals surface area contributed by atoms with Gasteiger partial charge < -0.3 is 15.0 Å². The Morgan fingerprint density at radius 2 is 1.77 bits per heavy atom. The molecular formula is C22H26N2O2. The van der Waals surface area contributed by atoms with Crippen molar-refractivity contribution in [3.05, 3.63) is 65.7 Å².